The van der Waals surface area contributed by atoms with Crippen molar-refractivity contribution in [1.29, 1.82) is 0 Å². The van der Waals surface area contributed by atoms with Crippen LogP contribution in [-0.2, 0) is 6.42 Å². The molecule has 3 nitrogen and oxygen atoms in total. The van der Waals surface area contributed by atoms with Crippen molar-refractivity contribution >= 4 is 23.3 Å². The van der Waals surface area contributed by atoms with Gasteiger partial charge in [0.05, 0.1) is 0 Å². The molecule has 0 bridgehead atoms. The Morgan fingerprint density at radius 1 is 1.53 bits per heavy atom. The van der Waals surface area contributed by atoms with Crippen molar-refractivity contribution in [1.82, 2.24) is 5.32 Å². The Hall–Kier alpha value is -1.22. The van der Waals surface area contributed by atoms with E-state index in [4.69, 9.17) is 11.6 Å². The molecule has 92 valence electrons. The topological polar surface area (TPSA) is 41.1 Å². The van der Waals surface area contributed by atoms with Crippen LogP contribution in [0.1, 0.15) is 30.4 Å². The van der Waals surface area contributed by atoms with Gasteiger partial charge in [0.2, 0.25) is 0 Å². The van der Waals surface area contributed by atoms with Crippen molar-refractivity contribution in [3.63, 3.8) is 0 Å². The maximum atomic E-state index is 11.6. The maximum absolute atomic E-state index is 11.6. The van der Waals surface area contributed by atoms with Crippen molar-refractivity contribution < 1.29 is 4.79 Å². The van der Waals surface area contributed by atoms with E-state index < -0.39 is 0 Å². The number of fused-ring (bicyclic) bond motifs is 1. The third-order valence-corrected chi connectivity index (χ3v) is 3.35. The quantitative estimate of drug-likeness (QED) is 0.798. The molecule has 1 aliphatic rings. The van der Waals surface area contributed by atoms with Crippen LogP contribution >= 0.6 is 11.6 Å². The number of rotatable bonds is 3. The van der Waals surface area contributed by atoms with Gasteiger partial charge in [-0.1, -0.05) is 19.1 Å². The standard InChI is InChI=1S/C13H17ClN2O/c1-9-5-6-10-3-2-4-11(12(9)10)16-13(17)15-8-7-14/h2-4,9H,5-8H2,1H3,(H2,15,16,17)/t9-/m0/s1. The molecule has 0 saturated carbocycles. The van der Waals surface area contributed by atoms with Crippen molar-refractivity contribution in [2.45, 2.75) is 25.7 Å². The average molecular weight is 253 g/mol. The van der Waals surface area contributed by atoms with E-state index >= 15 is 0 Å². The molecule has 0 aliphatic heterocycles. The lowest BCUT2D eigenvalue weighted by Crippen LogP contribution is -2.30. The lowest BCUT2D eigenvalue weighted by Gasteiger charge is -2.13. The van der Waals surface area contributed by atoms with Crippen molar-refractivity contribution in [3.8, 4) is 0 Å². The minimum Gasteiger partial charge on any atom is -0.337 e. The van der Waals surface area contributed by atoms with Crippen LogP contribution in [0.2, 0.25) is 0 Å². The molecule has 0 spiro atoms. The van der Waals surface area contributed by atoms with Gasteiger partial charge in [-0.05, 0) is 36.0 Å². The molecule has 1 atom stereocenters. The first kappa shape index (κ1) is 12.2. The Morgan fingerprint density at radius 3 is 3.12 bits per heavy atom. The summed E-state index contributed by atoms with van der Waals surface area (Å²) in [5, 5.41) is 5.60. The van der Waals surface area contributed by atoms with Gasteiger partial charge in [-0.25, -0.2) is 4.79 Å². The van der Waals surface area contributed by atoms with Gasteiger partial charge in [-0.2, -0.15) is 0 Å². The molecular formula is C13H17ClN2O. The monoisotopic (exact) mass is 252 g/mol. The van der Waals surface area contributed by atoms with E-state index in [9.17, 15) is 4.79 Å². The summed E-state index contributed by atoms with van der Waals surface area (Å²) < 4.78 is 0. The van der Waals surface area contributed by atoms with Gasteiger partial charge in [-0.15, -0.1) is 11.6 Å². The van der Waals surface area contributed by atoms with Gasteiger partial charge < -0.3 is 10.6 Å². The zero-order chi connectivity index (χ0) is 12.3. The summed E-state index contributed by atoms with van der Waals surface area (Å²) in [6.45, 7) is 2.69. The number of benzene rings is 1. The van der Waals surface area contributed by atoms with Gasteiger partial charge in [-0.3, -0.25) is 0 Å². The van der Waals surface area contributed by atoms with E-state index in [1.807, 2.05) is 12.1 Å². The molecule has 4 heteroatoms. The fourth-order valence-corrected chi connectivity index (χ4v) is 2.46. The zero-order valence-electron chi connectivity index (χ0n) is 9.92. The predicted molar refractivity (Wildman–Crippen MR) is 70.9 cm³/mol. The summed E-state index contributed by atoms with van der Waals surface area (Å²) in [5.74, 6) is 0.950. The number of carbonyl (C=O) groups excluding carboxylic acids is 1. The predicted octanol–water partition coefficient (Wildman–Crippen LogP) is 3.10. The normalized spacial score (nSPS) is 17.6. The molecule has 2 rings (SSSR count). The fourth-order valence-electron chi connectivity index (χ4n) is 2.37. The van der Waals surface area contributed by atoms with Crippen molar-refractivity contribution in [2.24, 2.45) is 0 Å². The van der Waals surface area contributed by atoms with Crippen LogP contribution in [-0.4, -0.2) is 18.5 Å². The van der Waals surface area contributed by atoms with E-state index in [0.29, 0.717) is 18.3 Å². The number of urea groups is 1. The number of alkyl halides is 1. The van der Waals surface area contributed by atoms with Crippen LogP contribution < -0.4 is 10.6 Å². The summed E-state index contributed by atoms with van der Waals surface area (Å²) in [4.78, 5) is 11.6. The Bertz CT molecular complexity index is 420. The number of hydrogen-bond acceptors (Lipinski definition) is 1. The van der Waals surface area contributed by atoms with Gasteiger partial charge >= 0.3 is 6.03 Å². The molecule has 17 heavy (non-hydrogen) atoms. The van der Waals surface area contributed by atoms with Gasteiger partial charge in [0.15, 0.2) is 0 Å². The highest BCUT2D eigenvalue weighted by Crippen LogP contribution is 2.37. The molecule has 2 N–H and O–H groups in total. The molecule has 0 aromatic heterocycles. The third kappa shape index (κ3) is 2.72. The van der Waals surface area contributed by atoms with Crippen LogP contribution in [0.15, 0.2) is 18.2 Å². The third-order valence-electron chi connectivity index (χ3n) is 3.16. The summed E-state index contributed by atoms with van der Waals surface area (Å²) in [6, 6.07) is 5.91. The second-order valence-corrected chi connectivity index (χ2v) is 4.77. The van der Waals surface area contributed by atoms with Crippen LogP contribution in [0.4, 0.5) is 10.5 Å². The number of halogens is 1. The number of anilines is 1. The van der Waals surface area contributed by atoms with E-state index in [1.165, 1.54) is 11.1 Å². The van der Waals surface area contributed by atoms with Crippen LogP contribution in [0.5, 0.6) is 0 Å². The smallest absolute Gasteiger partial charge is 0.319 e. The van der Waals surface area contributed by atoms with E-state index in [0.717, 1.165) is 18.5 Å². The molecule has 2 amide bonds. The molecule has 0 heterocycles. The Kier molecular flexibility index (Phi) is 3.89. The first-order valence-corrected chi connectivity index (χ1v) is 6.48. The largest absolute Gasteiger partial charge is 0.337 e. The van der Waals surface area contributed by atoms with Gasteiger partial charge in [0, 0.05) is 18.1 Å². The molecule has 0 radical (unpaired) electrons. The summed E-state index contributed by atoms with van der Waals surface area (Å²) in [6.07, 6.45) is 2.27. The number of nitrogens with one attached hydrogen (secondary N) is 2. The minimum atomic E-state index is -0.182. The van der Waals surface area contributed by atoms with E-state index in [2.05, 4.69) is 23.6 Å². The highest BCUT2D eigenvalue weighted by atomic mass is 35.5. The molecule has 0 unspecified atom stereocenters. The molecule has 0 fully saturated rings. The number of carbonyl (C=O) groups is 1. The second-order valence-electron chi connectivity index (χ2n) is 4.39. The molecular weight excluding hydrogens is 236 g/mol. The summed E-state index contributed by atoms with van der Waals surface area (Å²) >= 11 is 5.52. The summed E-state index contributed by atoms with van der Waals surface area (Å²) in [5.41, 5.74) is 3.57. The highest BCUT2D eigenvalue weighted by Gasteiger charge is 2.22. The Morgan fingerprint density at radius 2 is 2.35 bits per heavy atom. The Balaban J connectivity index is 2.12. The SMILES string of the molecule is C[C@H]1CCc2cccc(NC(=O)NCCCl)c21. The number of hydrogen-bond donors (Lipinski definition) is 2. The average Bonchev–Trinajstić information content (AvgIpc) is 2.70. The summed E-state index contributed by atoms with van der Waals surface area (Å²) in [7, 11) is 0. The zero-order valence-corrected chi connectivity index (χ0v) is 10.7. The number of aryl methyl sites for hydroxylation is 1. The first-order chi connectivity index (χ1) is 8.22. The molecule has 1 aliphatic carbocycles. The molecule has 1 aromatic rings. The van der Waals surface area contributed by atoms with Crippen molar-refractivity contribution in [3.05, 3.63) is 29.3 Å². The highest BCUT2D eigenvalue weighted by molar-refractivity contribution is 6.18. The fraction of sp³-hybridized carbons (Fsp3) is 0.462. The van der Waals surface area contributed by atoms with Crippen LogP contribution in [0.3, 0.4) is 0 Å². The maximum Gasteiger partial charge on any atom is 0.319 e. The molecule has 1 aromatic carbocycles. The second kappa shape index (κ2) is 5.41. The van der Waals surface area contributed by atoms with Gasteiger partial charge in [0.25, 0.3) is 0 Å². The number of amides is 2. The first-order valence-electron chi connectivity index (χ1n) is 5.95. The Labute approximate surface area is 107 Å². The minimum absolute atomic E-state index is 0.182. The van der Waals surface area contributed by atoms with Crippen LogP contribution in [0, 0.1) is 0 Å². The van der Waals surface area contributed by atoms with Crippen molar-refractivity contribution in [2.75, 3.05) is 17.7 Å². The van der Waals surface area contributed by atoms with Crippen LogP contribution in [0.25, 0.3) is 0 Å². The van der Waals surface area contributed by atoms with E-state index in [-0.39, 0.29) is 6.03 Å². The lowest BCUT2D eigenvalue weighted by atomic mass is 10.0. The lowest BCUT2D eigenvalue weighted by molar-refractivity contribution is 0.252. The molecule has 0 saturated heterocycles. The van der Waals surface area contributed by atoms with Gasteiger partial charge in [0.1, 0.15) is 0 Å². The van der Waals surface area contributed by atoms with E-state index in [1.54, 1.807) is 0 Å².